The SMILES string of the molecule is CNCC(=O)NC(C)CC(O)c1ccc(F)cc1. The lowest BCUT2D eigenvalue weighted by Crippen LogP contribution is -2.38. The molecule has 0 saturated carbocycles. The van der Waals surface area contributed by atoms with E-state index >= 15 is 0 Å². The zero-order chi connectivity index (χ0) is 13.5. The molecule has 0 aliphatic heterocycles. The van der Waals surface area contributed by atoms with Crippen LogP contribution < -0.4 is 10.6 Å². The zero-order valence-electron chi connectivity index (χ0n) is 10.6. The molecule has 0 aromatic heterocycles. The molecule has 1 amide bonds. The summed E-state index contributed by atoms with van der Waals surface area (Å²) >= 11 is 0. The van der Waals surface area contributed by atoms with Crippen LogP contribution in [0, 0.1) is 5.82 Å². The number of nitrogens with one attached hydrogen (secondary N) is 2. The average molecular weight is 254 g/mol. The van der Waals surface area contributed by atoms with Gasteiger partial charge in [0.1, 0.15) is 5.82 Å². The van der Waals surface area contributed by atoms with Crippen molar-refractivity contribution in [1.82, 2.24) is 10.6 Å². The molecule has 0 heterocycles. The Morgan fingerprint density at radius 2 is 2.00 bits per heavy atom. The van der Waals surface area contributed by atoms with Crippen LogP contribution in [0.2, 0.25) is 0 Å². The molecule has 0 bridgehead atoms. The summed E-state index contributed by atoms with van der Waals surface area (Å²) in [4.78, 5) is 11.3. The molecule has 4 nitrogen and oxygen atoms in total. The van der Waals surface area contributed by atoms with Gasteiger partial charge in [0.2, 0.25) is 5.91 Å². The average Bonchev–Trinajstić information content (AvgIpc) is 2.29. The van der Waals surface area contributed by atoms with Crippen molar-refractivity contribution < 1.29 is 14.3 Å². The molecule has 100 valence electrons. The van der Waals surface area contributed by atoms with Gasteiger partial charge in [0.05, 0.1) is 12.6 Å². The molecule has 0 spiro atoms. The van der Waals surface area contributed by atoms with E-state index in [9.17, 15) is 14.3 Å². The van der Waals surface area contributed by atoms with Crippen LogP contribution in [0.4, 0.5) is 4.39 Å². The van der Waals surface area contributed by atoms with Gasteiger partial charge in [0.15, 0.2) is 0 Å². The van der Waals surface area contributed by atoms with Crippen LogP contribution in [-0.4, -0.2) is 30.6 Å². The molecule has 1 aromatic rings. The summed E-state index contributed by atoms with van der Waals surface area (Å²) in [5.41, 5.74) is 0.645. The number of rotatable bonds is 6. The van der Waals surface area contributed by atoms with Crippen molar-refractivity contribution in [2.45, 2.75) is 25.5 Å². The van der Waals surface area contributed by atoms with Gasteiger partial charge in [-0.3, -0.25) is 4.79 Å². The topological polar surface area (TPSA) is 61.4 Å². The van der Waals surface area contributed by atoms with Gasteiger partial charge in [0, 0.05) is 6.04 Å². The smallest absolute Gasteiger partial charge is 0.234 e. The predicted molar refractivity (Wildman–Crippen MR) is 67.5 cm³/mol. The Balaban J connectivity index is 2.46. The molecular weight excluding hydrogens is 235 g/mol. The van der Waals surface area contributed by atoms with E-state index in [2.05, 4.69) is 10.6 Å². The van der Waals surface area contributed by atoms with E-state index in [0.29, 0.717) is 12.0 Å². The molecule has 0 aliphatic carbocycles. The minimum atomic E-state index is -0.713. The second-order valence-corrected chi connectivity index (χ2v) is 4.30. The van der Waals surface area contributed by atoms with E-state index in [1.807, 2.05) is 6.92 Å². The van der Waals surface area contributed by atoms with E-state index in [0.717, 1.165) is 0 Å². The number of carbonyl (C=O) groups excluding carboxylic acids is 1. The Morgan fingerprint density at radius 3 is 2.56 bits per heavy atom. The summed E-state index contributed by atoms with van der Waals surface area (Å²) in [5, 5.41) is 15.4. The second kappa shape index (κ2) is 7.08. The number of halogens is 1. The normalized spacial score (nSPS) is 14.0. The fourth-order valence-electron chi connectivity index (χ4n) is 1.70. The van der Waals surface area contributed by atoms with E-state index in [4.69, 9.17) is 0 Å². The number of benzene rings is 1. The van der Waals surface area contributed by atoms with Crippen LogP contribution in [0.5, 0.6) is 0 Å². The van der Waals surface area contributed by atoms with Crippen molar-refractivity contribution in [2.75, 3.05) is 13.6 Å². The van der Waals surface area contributed by atoms with Crippen LogP contribution in [0.15, 0.2) is 24.3 Å². The Morgan fingerprint density at radius 1 is 1.39 bits per heavy atom. The summed E-state index contributed by atoms with van der Waals surface area (Å²) in [6.07, 6.45) is -0.323. The number of likely N-dealkylation sites (N-methyl/N-ethyl adjacent to an activating group) is 1. The number of aliphatic hydroxyl groups excluding tert-OH is 1. The third kappa shape index (κ3) is 4.81. The Labute approximate surface area is 106 Å². The third-order valence-corrected chi connectivity index (χ3v) is 2.58. The van der Waals surface area contributed by atoms with Crippen LogP contribution in [-0.2, 0) is 4.79 Å². The maximum Gasteiger partial charge on any atom is 0.234 e. The molecule has 0 fully saturated rings. The number of aliphatic hydroxyl groups is 1. The highest BCUT2D eigenvalue weighted by atomic mass is 19.1. The highest BCUT2D eigenvalue weighted by Crippen LogP contribution is 2.18. The molecule has 2 atom stereocenters. The minimum Gasteiger partial charge on any atom is -0.388 e. The van der Waals surface area contributed by atoms with Crippen molar-refractivity contribution >= 4 is 5.91 Å². The van der Waals surface area contributed by atoms with E-state index < -0.39 is 6.10 Å². The Bertz CT molecular complexity index is 381. The number of amides is 1. The first-order valence-corrected chi connectivity index (χ1v) is 5.90. The van der Waals surface area contributed by atoms with Crippen LogP contribution in [0.3, 0.4) is 0 Å². The molecule has 0 saturated heterocycles. The third-order valence-electron chi connectivity index (χ3n) is 2.58. The van der Waals surface area contributed by atoms with Crippen molar-refractivity contribution in [3.05, 3.63) is 35.6 Å². The number of hydrogen-bond acceptors (Lipinski definition) is 3. The summed E-state index contributed by atoms with van der Waals surface area (Å²) in [6.45, 7) is 2.07. The molecule has 5 heteroatoms. The van der Waals surface area contributed by atoms with Gasteiger partial charge in [0.25, 0.3) is 0 Å². The first-order valence-electron chi connectivity index (χ1n) is 5.90. The monoisotopic (exact) mass is 254 g/mol. The van der Waals surface area contributed by atoms with Crippen molar-refractivity contribution in [2.24, 2.45) is 0 Å². The highest BCUT2D eigenvalue weighted by Gasteiger charge is 2.14. The summed E-state index contributed by atoms with van der Waals surface area (Å²) < 4.78 is 12.7. The lowest BCUT2D eigenvalue weighted by molar-refractivity contribution is -0.120. The molecule has 1 rings (SSSR count). The van der Waals surface area contributed by atoms with Crippen LogP contribution in [0.25, 0.3) is 0 Å². The molecule has 1 aromatic carbocycles. The van der Waals surface area contributed by atoms with Gasteiger partial charge in [-0.1, -0.05) is 12.1 Å². The van der Waals surface area contributed by atoms with Gasteiger partial charge in [-0.05, 0) is 38.1 Å². The number of carbonyl (C=O) groups is 1. The van der Waals surface area contributed by atoms with Crippen LogP contribution in [0.1, 0.15) is 25.0 Å². The Kier molecular flexibility index (Phi) is 5.74. The van der Waals surface area contributed by atoms with E-state index in [1.54, 1.807) is 19.2 Å². The highest BCUT2D eigenvalue weighted by molar-refractivity contribution is 5.78. The lowest BCUT2D eigenvalue weighted by Gasteiger charge is -2.18. The minimum absolute atomic E-state index is 0.115. The van der Waals surface area contributed by atoms with Gasteiger partial charge in [-0.15, -0.1) is 0 Å². The first-order chi connectivity index (χ1) is 8.52. The van der Waals surface area contributed by atoms with Gasteiger partial charge >= 0.3 is 0 Å². The van der Waals surface area contributed by atoms with Crippen molar-refractivity contribution in [3.63, 3.8) is 0 Å². The molecular formula is C13H19FN2O2. The standard InChI is InChI=1S/C13H19FN2O2/c1-9(16-13(18)8-15-2)7-12(17)10-3-5-11(14)6-4-10/h3-6,9,12,15,17H,7-8H2,1-2H3,(H,16,18). The fraction of sp³-hybridized carbons (Fsp3) is 0.462. The van der Waals surface area contributed by atoms with Crippen molar-refractivity contribution in [3.8, 4) is 0 Å². The van der Waals surface area contributed by atoms with E-state index in [1.165, 1.54) is 12.1 Å². The molecule has 2 unspecified atom stereocenters. The largest absolute Gasteiger partial charge is 0.388 e. The summed E-state index contributed by atoms with van der Waals surface area (Å²) in [7, 11) is 1.69. The summed E-state index contributed by atoms with van der Waals surface area (Å²) in [5.74, 6) is -0.447. The fourth-order valence-corrected chi connectivity index (χ4v) is 1.70. The second-order valence-electron chi connectivity index (χ2n) is 4.30. The maximum absolute atomic E-state index is 12.7. The maximum atomic E-state index is 12.7. The lowest BCUT2D eigenvalue weighted by atomic mass is 10.0. The zero-order valence-corrected chi connectivity index (χ0v) is 10.6. The van der Waals surface area contributed by atoms with Gasteiger partial charge < -0.3 is 15.7 Å². The first kappa shape index (κ1) is 14.6. The molecule has 0 radical (unpaired) electrons. The van der Waals surface area contributed by atoms with Crippen molar-refractivity contribution in [1.29, 1.82) is 0 Å². The Hall–Kier alpha value is -1.46. The molecule has 3 N–H and O–H groups in total. The van der Waals surface area contributed by atoms with Gasteiger partial charge in [-0.2, -0.15) is 0 Å². The predicted octanol–water partition coefficient (Wildman–Crippen LogP) is 0.973. The van der Waals surface area contributed by atoms with Crippen LogP contribution >= 0.6 is 0 Å². The summed E-state index contributed by atoms with van der Waals surface area (Å²) in [6, 6.07) is 5.56. The number of hydrogen-bond donors (Lipinski definition) is 3. The quantitative estimate of drug-likeness (QED) is 0.709. The van der Waals surface area contributed by atoms with Gasteiger partial charge in [-0.25, -0.2) is 4.39 Å². The van der Waals surface area contributed by atoms with E-state index in [-0.39, 0.29) is 24.3 Å². The molecule has 0 aliphatic rings. The molecule has 18 heavy (non-hydrogen) atoms.